The van der Waals surface area contributed by atoms with Crippen molar-refractivity contribution in [2.75, 3.05) is 13.2 Å². The number of ether oxygens (including phenoxy) is 2. The van der Waals surface area contributed by atoms with Crippen LogP contribution in [0.3, 0.4) is 0 Å². The van der Waals surface area contributed by atoms with Gasteiger partial charge in [0.2, 0.25) is 17.7 Å². The average molecular weight is 557 g/mol. The third-order valence-electron chi connectivity index (χ3n) is 6.91. The first-order chi connectivity index (χ1) is 18.1. The summed E-state index contributed by atoms with van der Waals surface area (Å²) in [7, 11) is 0. The lowest BCUT2D eigenvalue weighted by Gasteiger charge is -2.30. The Hall–Kier alpha value is -2.82. The highest BCUT2D eigenvalue weighted by Gasteiger charge is 2.62. The Balaban J connectivity index is 2.25. The number of esters is 2. The van der Waals surface area contributed by atoms with Crippen LogP contribution in [0.4, 0.5) is 8.78 Å². The number of nitrogens with zero attached hydrogens (tertiary/aromatic N) is 1. The van der Waals surface area contributed by atoms with Crippen LogP contribution in [-0.4, -0.2) is 76.1 Å². The van der Waals surface area contributed by atoms with Crippen LogP contribution in [-0.2, 0) is 28.7 Å². The largest absolute Gasteiger partial charge is 0.464 e. The Morgan fingerprint density at radius 2 is 1.87 bits per heavy atom. The van der Waals surface area contributed by atoms with Gasteiger partial charge >= 0.3 is 11.9 Å². The lowest BCUT2D eigenvalue weighted by molar-refractivity contribution is -0.159. The highest BCUT2D eigenvalue weighted by Crippen LogP contribution is 2.45. The summed E-state index contributed by atoms with van der Waals surface area (Å²) in [5.74, 6) is -7.37. The fourth-order valence-electron chi connectivity index (χ4n) is 4.83. The van der Waals surface area contributed by atoms with Crippen LogP contribution in [0.15, 0.2) is 25.3 Å². The average Bonchev–Trinajstić information content (AvgIpc) is 3.41. The summed E-state index contributed by atoms with van der Waals surface area (Å²) in [4.78, 5) is 53.2. The molecular weight excluding hydrogens is 514 g/mol. The molecule has 2 rings (SSSR count). The maximum atomic E-state index is 14.4. The van der Waals surface area contributed by atoms with Crippen molar-refractivity contribution in [3.8, 4) is 0 Å². The number of alkyl halides is 2. The molecule has 5 atom stereocenters. The van der Waals surface area contributed by atoms with Crippen molar-refractivity contribution in [3.63, 3.8) is 0 Å². The molecule has 1 aliphatic heterocycles. The van der Waals surface area contributed by atoms with E-state index in [9.17, 15) is 33.1 Å². The van der Waals surface area contributed by atoms with Crippen molar-refractivity contribution in [1.29, 1.82) is 0 Å². The molecule has 0 aromatic carbocycles. The molecule has 0 unspecified atom stereocenters. The van der Waals surface area contributed by atoms with E-state index < -0.39 is 78.1 Å². The van der Waals surface area contributed by atoms with Crippen LogP contribution in [0.1, 0.15) is 72.6 Å². The van der Waals surface area contributed by atoms with Crippen LogP contribution < -0.4 is 5.32 Å². The fourth-order valence-corrected chi connectivity index (χ4v) is 4.83. The summed E-state index contributed by atoms with van der Waals surface area (Å²) in [5, 5.41) is 13.0. The van der Waals surface area contributed by atoms with E-state index in [-0.39, 0.29) is 44.8 Å². The van der Waals surface area contributed by atoms with Gasteiger partial charge in [0, 0.05) is 37.6 Å². The van der Waals surface area contributed by atoms with Crippen molar-refractivity contribution in [1.82, 2.24) is 10.2 Å². The summed E-state index contributed by atoms with van der Waals surface area (Å²) in [5.41, 5.74) is -2.15. The number of amides is 2. The molecule has 0 aromatic rings. The molecule has 2 aliphatic rings. The Labute approximate surface area is 229 Å². The maximum absolute atomic E-state index is 14.4. The summed E-state index contributed by atoms with van der Waals surface area (Å²) in [6.07, 6.45) is 0.251. The smallest absolute Gasteiger partial charge is 0.332 e. The number of nitrogens with one attached hydrogen (secondary N) is 1. The quantitative estimate of drug-likeness (QED) is 0.249. The zero-order valence-electron chi connectivity index (χ0n) is 23.3. The molecule has 2 fully saturated rings. The number of likely N-dealkylation sites (tertiary alicyclic amines) is 1. The number of β-amino-alcohol motifs (C(OH)–C–C–N with tert-alkyl or cyclic N) is 1. The van der Waals surface area contributed by atoms with E-state index in [4.69, 9.17) is 9.47 Å². The Morgan fingerprint density at radius 3 is 2.41 bits per heavy atom. The van der Waals surface area contributed by atoms with Gasteiger partial charge in [-0.3, -0.25) is 14.4 Å². The summed E-state index contributed by atoms with van der Waals surface area (Å²) >= 11 is 0. The van der Waals surface area contributed by atoms with Crippen LogP contribution in [0.25, 0.3) is 0 Å². The molecule has 2 amide bonds. The van der Waals surface area contributed by atoms with Crippen LogP contribution in [0.5, 0.6) is 0 Å². The minimum Gasteiger partial charge on any atom is -0.464 e. The molecule has 220 valence electrons. The van der Waals surface area contributed by atoms with E-state index >= 15 is 0 Å². The molecule has 0 radical (unpaired) electrons. The molecule has 1 saturated carbocycles. The highest BCUT2D eigenvalue weighted by molar-refractivity contribution is 5.96. The molecule has 39 heavy (non-hydrogen) atoms. The molecule has 0 spiro atoms. The summed E-state index contributed by atoms with van der Waals surface area (Å²) in [6.45, 7) is 13.6. The molecule has 0 aromatic heterocycles. The van der Waals surface area contributed by atoms with Gasteiger partial charge in [-0.1, -0.05) is 12.2 Å². The van der Waals surface area contributed by atoms with Crippen molar-refractivity contribution < 1.29 is 42.5 Å². The Kier molecular flexibility index (Phi) is 10.8. The minimum absolute atomic E-state index is 0.0894. The predicted molar refractivity (Wildman–Crippen MR) is 139 cm³/mol. The molecule has 2 N–H and O–H groups in total. The van der Waals surface area contributed by atoms with Gasteiger partial charge in [-0.05, 0) is 47.0 Å². The Bertz CT molecular complexity index is 949. The molecule has 1 saturated heterocycles. The standard InChI is InChI=1S/C28H42F2N2O7/c1-7-10-12-27(29,30)13-11-18(14-22(34)39-26(4,5)6)24(36)32-17-20(33)15-21(32)23(35)31-28(16-19(28)8-2)25(37)38-9-3/h7-8,18-21,33H,1-2,9-17H2,3-6H3,(H,31,35)/t18-,19-,20-,21+,28-/m1/s1. The fraction of sp³-hybridized carbons (Fsp3) is 0.714. The first kappa shape index (κ1) is 32.4. The first-order valence-electron chi connectivity index (χ1n) is 13.4. The number of hydrogen-bond acceptors (Lipinski definition) is 7. The van der Waals surface area contributed by atoms with Gasteiger partial charge in [-0.25, -0.2) is 13.6 Å². The third-order valence-corrected chi connectivity index (χ3v) is 6.91. The second-order valence-corrected chi connectivity index (χ2v) is 11.3. The molecule has 9 nitrogen and oxygen atoms in total. The number of aliphatic hydroxyl groups excluding tert-OH is 1. The zero-order chi connectivity index (χ0) is 29.6. The second-order valence-electron chi connectivity index (χ2n) is 11.3. The molecule has 0 bridgehead atoms. The number of allylic oxidation sites excluding steroid dienone is 1. The lowest BCUT2D eigenvalue weighted by atomic mass is 9.93. The van der Waals surface area contributed by atoms with Gasteiger partial charge in [0.05, 0.1) is 19.1 Å². The van der Waals surface area contributed by atoms with E-state index in [1.165, 1.54) is 12.2 Å². The van der Waals surface area contributed by atoms with Gasteiger partial charge in [-0.15, -0.1) is 13.2 Å². The number of carbonyl (C=O) groups excluding carboxylic acids is 4. The number of carbonyl (C=O) groups is 4. The minimum atomic E-state index is -3.08. The van der Waals surface area contributed by atoms with Gasteiger partial charge < -0.3 is 24.8 Å². The van der Waals surface area contributed by atoms with Crippen LogP contribution in [0, 0.1) is 11.8 Å². The van der Waals surface area contributed by atoms with Crippen LogP contribution >= 0.6 is 0 Å². The van der Waals surface area contributed by atoms with Crippen molar-refractivity contribution >= 4 is 23.8 Å². The van der Waals surface area contributed by atoms with Gasteiger partial charge in [0.25, 0.3) is 0 Å². The molecular formula is C28H42F2N2O7. The molecule has 1 aliphatic carbocycles. The predicted octanol–water partition coefficient (Wildman–Crippen LogP) is 3.30. The van der Waals surface area contributed by atoms with Gasteiger partial charge in [0.15, 0.2) is 0 Å². The number of hydrogen-bond donors (Lipinski definition) is 2. The normalized spacial score (nSPS) is 25.4. The third kappa shape index (κ3) is 8.84. The van der Waals surface area contributed by atoms with Crippen molar-refractivity contribution in [2.24, 2.45) is 11.8 Å². The van der Waals surface area contributed by atoms with E-state index in [0.717, 1.165) is 4.90 Å². The SMILES string of the molecule is C=CCCC(F)(F)CC[C@H](CC(=O)OC(C)(C)C)C(=O)N1C[C@H](O)C[C@H]1C(=O)N[C@]1(C(=O)OCC)C[C@H]1C=C. The lowest BCUT2D eigenvalue weighted by Crippen LogP contribution is -2.54. The summed E-state index contributed by atoms with van der Waals surface area (Å²) < 4.78 is 39.3. The van der Waals surface area contributed by atoms with E-state index in [0.29, 0.717) is 0 Å². The Morgan fingerprint density at radius 1 is 1.21 bits per heavy atom. The second kappa shape index (κ2) is 13.0. The van der Waals surface area contributed by atoms with Crippen molar-refractivity contribution in [3.05, 3.63) is 25.3 Å². The zero-order valence-corrected chi connectivity index (χ0v) is 23.3. The summed E-state index contributed by atoms with van der Waals surface area (Å²) in [6, 6.07) is -1.16. The van der Waals surface area contributed by atoms with Gasteiger partial charge in [0.1, 0.15) is 17.2 Å². The number of rotatable bonds is 14. The molecule has 1 heterocycles. The van der Waals surface area contributed by atoms with E-state index in [2.05, 4.69) is 18.5 Å². The van der Waals surface area contributed by atoms with Crippen molar-refractivity contribution in [2.45, 2.75) is 102 Å². The molecule has 11 heteroatoms. The number of aliphatic hydroxyl groups is 1. The van der Waals surface area contributed by atoms with Crippen LogP contribution in [0.2, 0.25) is 0 Å². The highest BCUT2D eigenvalue weighted by atomic mass is 19.3. The first-order valence-corrected chi connectivity index (χ1v) is 13.4. The van der Waals surface area contributed by atoms with Gasteiger partial charge in [-0.2, -0.15) is 0 Å². The number of halogens is 2. The topological polar surface area (TPSA) is 122 Å². The maximum Gasteiger partial charge on any atom is 0.332 e. The monoisotopic (exact) mass is 556 g/mol. The van der Waals surface area contributed by atoms with E-state index in [1.807, 2.05) is 0 Å². The van der Waals surface area contributed by atoms with E-state index in [1.54, 1.807) is 27.7 Å².